The first-order valence-corrected chi connectivity index (χ1v) is 10.1. The van der Waals surface area contributed by atoms with Gasteiger partial charge in [0, 0.05) is 16.0 Å². The van der Waals surface area contributed by atoms with E-state index in [1.807, 2.05) is 0 Å². The Bertz CT molecular complexity index is 1030. The van der Waals surface area contributed by atoms with Gasteiger partial charge in [-0.15, -0.1) is 11.3 Å². The summed E-state index contributed by atoms with van der Waals surface area (Å²) in [6.07, 6.45) is 0. The molecule has 1 aromatic carbocycles. The molecule has 0 amide bonds. The standard InChI is InChI=1S/C17H18FN3O3S2/c1-10-14(26(22,23)21-17(2,3)4)9-13(25-10)16-19-15(20-24-16)11-5-7-12(18)8-6-11/h5-9,21H,1-4H3. The van der Waals surface area contributed by atoms with Gasteiger partial charge in [0.15, 0.2) is 0 Å². The zero-order valence-electron chi connectivity index (χ0n) is 14.7. The van der Waals surface area contributed by atoms with E-state index in [0.717, 1.165) is 0 Å². The summed E-state index contributed by atoms with van der Waals surface area (Å²) in [7, 11) is -3.66. The molecule has 1 N–H and O–H groups in total. The summed E-state index contributed by atoms with van der Waals surface area (Å²) in [6.45, 7) is 7.06. The van der Waals surface area contributed by atoms with E-state index in [2.05, 4.69) is 14.9 Å². The number of nitrogens with zero attached hydrogens (tertiary/aromatic N) is 2. The molecule has 2 heterocycles. The van der Waals surface area contributed by atoms with Crippen molar-refractivity contribution in [1.82, 2.24) is 14.9 Å². The van der Waals surface area contributed by atoms with Gasteiger partial charge in [-0.2, -0.15) is 4.98 Å². The maximum Gasteiger partial charge on any atom is 0.268 e. The molecule has 2 aromatic heterocycles. The highest BCUT2D eigenvalue weighted by atomic mass is 32.2. The lowest BCUT2D eigenvalue weighted by atomic mass is 10.1. The Kier molecular flexibility index (Phi) is 4.72. The number of rotatable bonds is 4. The lowest BCUT2D eigenvalue weighted by molar-refractivity contribution is 0.433. The quantitative estimate of drug-likeness (QED) is 0.722. The molecule has 0 aliphatic heterocycles. The Morgan fingerprint density at radius 3 is 2.46 bits per heavy atom. The van der Waals surface area contributed by atoms with Crippen molar-refractivity contribution in [2.75, 3.05) is 0 Å². The van der Waals surface area contributed by atoms with Gasteiger partial charge in [0.05, 0.1) is 9.77 Å². The highest BCUT2D eigenvalue weighted by Crippen LogP contribution is 2.34. The topological polar surface area (TPSA) is 85.1 Å². The fraction of sp³-hybridized carbons (Fsp3) is 0.294. The van der Waals surface area contributed by atoms with Crippen molar-refractivity contribution in [1.29, 1.82) is 0 Å². The van der Waals surface area contributed by atoms with Crippen molar-refractivity contribution in [3.05, 3.63) is 41.0 Å². The number of sulfonamides is 1. The zero-order chi connectivity index (χ0) is 19.1. The van der Waals surface area contributed by atoms with Crippen LogP contribution >= 0.6 is 11.3 Å². The molecule has 0 radical (unpaired) electrons. The number of nitrogens with one attached hydrogen (secondary N) is 1. The van der Waals surface area contributed by atoms with Gasteiger partial charge in [-0.05, 0) is 58.0 Å². The van der Waals surface area contributed by atoms with E-state index in [4.69, 9.17) is 4.52 Å². The molecule has 26 heavy (non-hydrogen) atoms. The third-order valence-electron chi connectivity index (χ3n) is 3.34. The lowest BCUT2D eigenvalue weighted by Crippen LogP contribution is -2.40. The van der Waals surface area contributed by atoms with Crippen LogP contribution in [0.1, 0.15) is 25.6 Å². The average molecular weight is 395 g/mol. The summed E-state index contributed by atoms with van der Waals surface area (Å²) < 4.78 is 46.0. The minimum Gasteiger partial charge on any atom is -0.333 e. The molecule has 3 rings (SSSR count). The van der Waals surface area contributed by atoms with Crippen LogP contribution in [0.15, 0.2) is 39.8 Å². The van der Waals surface area contributed by atoms with Crippen LogP contribution in [0, 0.1) is 12.7 Å². The molecule has 0 saturated carbocycles. The van der Waals surface area contributed by atoms with Gasteiger partial charge in [-0.25, -0.2) is 17.5 Å². The van der Waals surface area contributed by atoms with Crippen molar-refractivity contribution in [3.63, 3.8) is 0 Å². The first-order chi connectivity index (χ1) is 12.0. The van der Waals surface area contributed by atoms with Gasteiger partial charge in [-0.3, -0.25) is 0 Å². The minimum absolute atomic E-state index is 0.189. The summed E-state index contributed by atoms with van der Waals surface area (Å²) in [5.74, 6) is 0.172. The van der Waals surface area contributed by atoms with Crippen LogP contribution in [0.4, 0.5) is 4.39 Å². The summed E-state index contributed by atoms with van der Waals surface area (Å²) >= 11 is 1.26. The molecule has 0 aliphatic rings. The third kappa shape index (κ3) is 4.00. The fourth-order valence-electron chi connectivity index (χ4n) is 2.34. The summed E-state index contributed by atoms with van der Waals surface area (Å²) in [5, 5.41) is 3.89. The van der Waals surface area contributed by atoms with E-state index >= 15 is 0 Å². The van der Waals surface area contributed by atoms with Crippen LogP contribution in [0.2, 0.25) is 0 Å². The Hall–Kier alpha value is -2.10. The number of aromatic nitrogens is 2. The number of benzene rings is 1. The molecule has 6 nitrogen and oxygen atoms in total. The summed E-state index contributed by atoms with van der Waals surface area (Å²) in [4.78, 5) is 5.65. The van der Waals surface area contributed by atoms with Gasteiger partial charge < -0.3 is 4.52 Å². The Labute approximate surface area is 155 Å². The molecule has 0 bridgehead atoms. The first kappa shape index (κ1) is 18.7. The Morgan fingerprint density at radius 1 is 1.19 bits per heavy atom. The Balaban J connectivity index is 1.94. The molecule has 3 aromatic rings. The van der Waals surface area contributed by atoms with Crippen LogP contribution in [0.25, 0.3) is 22.2 Å². The zero-order valence-corrected chi connectivity index (χ0v) is 16.3. The van der Waals surface area contributed by atoms with Crippen LogP contribution in [-0.4, -0.2) is 24.1 Å². The van der Waals surface area contributed by atoms with Crippen molar-refractivity contribution in [2.24, 2.45) is 0 Å². The van der Waals surface area contributed by atoms with Crippen LogP contribution < -0.4 is 4.72 Å². The van der Waals surface area contributed by atoms with Gasteiger partial charge >= 0.3 is 0 Å². The lowest BCUT2D eigenvalue weighted by Gasteiger charge is -2.20. The van der Waals surface area contributed by atoms with Gasteiger partial charge in [0.25, 0.3) is 5.89 Å². The minimum atomic E-state index is -3.66. The van der Waals surface area contributed by atoms with Crippen molar-refractivity contribution >= 4 is 21.4 Å². The molecule has 0 aliphatic carbocycles. The predicted molar refractivity (Wildman–Crippen MR) is 97.8 cm³/mol. The van der Waals surface area contributed by atoms with Crippen LogP contribution in [0.3, 0.4) is 0 Å². The molecule has 9 heteroatoms. The second-order valence-electron chi connectivity index (χ2n) is 6.82. The van der Waals surface area contributed by atoms with Gasteiger partial charge in [0.1, 0.15) is 5.82 Å². The molecular formula is C17H18FN3O3S2. The highest BCUT2D eigenvalue weighted by molar-refractivity contribution is 7.89. The van der Waals surface area contributed by atoms with Crippen molar-refractivity contribution < 1.29 is 17.3 Å². The van der Waals surface area contributed by atoms with E-state index in [-0.39, 0.29) is 16.6 Å². The van der Waals surface area contributed by atoms with E-state index < -0.39 is 15.6 Å². The summed E-state index contributed by atoms with van der Waals surface area (Å²) in [6, 6.07) is 7.24. The maximum absolute atomic E-state index is 13.0. The average Bonchev–Trinajstić information content (AvgIpc) is 3.12. The predicted octanol–water partition coefficient (Wildman–Crippen LogP) is 3.99. The SMILES string of the molecule is Cc1sc(-c2nc(-c3ccc(F)cc3)no2)cc1S(=O)(=O)NC(C)(C)C. The van der Waals surface area contributed by atoms with Gasteiger partial charge in [-0.1, -0.05) is 5.16 Å². The summed E-state index contributed by atoms with van der Waals surface area (Å²) in [5.41, 5.74) is 0.0186. The molecular weight excluding hydrogens is 377 g/mol. The Morgan fingerprint density at radius 2 is 1.85 bits per heavy atom. The molecule has 0 atom stereocenters. The van der Waals surface area contributed by atoms with Crippen molar-refractivity contribution in [3.8, 4) is 22.2 Å². The maximum atomic E-state index is 13.0. The number of hydrogen-bond donors (Lipinski definition) is 1. The van der Waals surface area contributed by atoms with E-state index in [1.165, 1.54) is 29.5 Å². The molecule has 138 valence electrons. The number of aryl methyl sites for hydroxylation is 1. The fourth-order valence-corrected chi connectivity index (χ4v) is 5.27. The normalized spacial score (nSPS) is 12.5. The van der Waals surface area contributed by atoms with E-state index in [0.29, 0.717) is 21.1 Å². The van der Waals surface area contributed by atoms with E-state index in [9.17, 15) is 12.8 Å². The van der Waals surface area contributed by atoms with Gasteiger partial charge in [0.2, 0.25) is 15.8 Å². The monoisotopic (exact) mass is 395 g/mol. The molecule has 0 saturated heterocycles. The number of halogens is 1. The first-order valence-electron chi connectivity index (χ1n) is 7.80. The molecule has 0 fully saturated rings. The van der Waals surface area contributed by atoms with Crippen molar-refractivity contribution in [2.45, 2.75) is 38.1 Å². The second-order valence-corrected chi connectivity index (χ2v) is 9.72. The smallest absolute Gasteiger partial charge is 0.268 e. The third-order valence-corrected chi connectivity index (χ3v) is 6.39. The second kappa shape index (κ2) is 6.57. The van der Waals surface area contributed by atoms with Crippen LogP contribution in [0.5, 0.6) is 0 Å². The number of thiophene rings is 1. The molecule has 0 spiro atoms. The number of hydrogen-bond acceptors (Lipinski definition) is 6. The van der Waals surface area contributed by atoms with Crippen LogP contribution in [-0.2, 0) is 10.0 Å². The largest absolute Gasteiger partial charge is 0.333 e. The molecule has 0 unspecified atom stereocenters. The highest BCUT2D eigenvalue weighted by Gasteiger charge is 2.26. The van der Waals surface area contributed by atoms with E-state index in [1.54, 1.807) is 39.8 Å².